The van der Waals surface area contributed by atoms with Gasteiger partial charge in [-0.05, 0) is 50.5 Å². The number of sulfonamides is 1. The lowest BCUT2D eigenvalue weighted by molar-refractivity contribution is -0.139. The summed E-state index contributed by atoms with van der Waals surface area (Å²) in [4.78, 5) is 11.2. The molecule has 1 aromatic rings. The molecule has 0 spiro atoms. The molecule has 0 saturated carbocycles. The number of ether oxygens (including phenoxy) is 1. The SMILES string of the molecule is CC(C)C[C@@H](NS(=O)(=O)c1ccc(OC(C)C)cc1)C(=O)O. The van der Waals surface area contributed by atoms with Gasteiger partial charge in [0.1, 0.15) is 11.8 Å². The topological polar surface area (TPSA) is 92.7 Å². The van der Waals surface area contributed by atoms with Crippen LogP contribution < -0.4 is 9.46 Å². The standard InChI is InChI=1S/C15H23NO5S/c1-10(2)9-14(15(17)18)16-22(19,20)13-7-5-12(6-8-13)21-11(3)4/h5-8,10-11,14,16H,9H2,1-4H3,(H,17,18)/t14-/m1/s1. The maximum Gasteiger partial charge on any atom is 0.321 e. The molecule has 22 heavy (non-hydrogen) atoms. The molecular weight excluding hydrogens is 306 g/mol. The summed E-state index contributed by atoms with van der Waals surface area (Å²) in [5.74, 6) is -0.562. The fraction of sp³-hybridized carbons (Fsp3) is 0.533. The highest BCUT2D eigenvalue weighted by Gasteiger charge is 2.26. The molecule has 0 saturated heterocycles. The largest absolute Gasteiger partial charge is 0.491 e. The van der Waals surface area contributed by atoms with Crippen molar-refractivity contribution in [2.24, 2.45) is 5.92 Å². The second kappa shape index (κ2) is 7.60. The second-order valence-electron chi connectivity index (χ2n) is 5.78. The molecule has 0 unspecified atom stereocenters. The molecular formula is C15H23NO5S. The molecule has 0 aliphatic rings. The number of carboxylic acid groups (broad SMARTS) is 1. The summed E-state index contributed by atoms with van der Waals surface area (Å²) in [7, 11) is -3.88. The lowest BCUT2D eigenvalue weighted by atomic mass is 10.1. The molecule has 0 aliphatic heterocycles. The quantitative estimate of drug-likeness (QED) is 0.763. The number of benzene rings is 1. The van der Waals surface area contributed by atoms with E-state index in [1.165, 1.54) is 12.1 Å². The number of nitrogens with one attached hydrogen (secondary N) is 1. The minimum absolute atomic E-state index is 0.0111. The van der Waals surface area contributed by atoms with E-state index in [4.69, 9.17) is 9.84 Å². The predicted molar refractivity (Wildman–Crippen MR) is 83.4 cm³/mol. The van der Waals surface area contributed by atoms with Crippen molar-refractivity contribution in [3.05, 3.63) is 24.3 Å². The van der Waals surface area contributed by atoms with Crippen molar-refractivity contribution in [3.8, 4) is 5.75 Å². The van der Waals surface area contributed by atoms with Crippen LogP contribution in [0.5, 0.6) is 5.75 Å². The Morgan fingerprint density at radius 2 is 1.73 bits per heavy atom. The van der Waals surface area contributed by atoms with Gasteiger partial charge in [-0.1, -0.05) is 13.8 Å². The van der Waals surface area contributed by atoms with Crippen LogP contribution in [0.4, 0.5) is 0 Å². The maximum atomic E-state index is 12.2. The molecule has 1 atom stereocenters. The molecule has 0 aromatic heterocycles. The van der Waals surface area contributed by atoms with Gasteiger partial charge in [-0.25, -0.2) is 8.42 Å². The fourth-order valence-electron chi connectivity index (χ4n) is 1.90. The summed E-state index contributed by atoms with van der Waals surface area (Å²) in [5, 5.41) is 9.13. The van der Waals surface area contributed by atoms with Crippen molar-refractivity contribution in [3.63, 3.8) is 0 Å². The molecule has 0 amide bonds. The first-order valence-corrected chi connectivity index (χ1v) is 8.62. The van der Waals surface area contributed by atoms with Crippen LogP contribution in [0.3, 0.4) is 0 Å². The Morgan fingerprint density at radius 1 is 1.18 bits per heavy atom. The Balaban J connectivity index is 2.91. The van der Waals surface area contributed by atoms with Crippen molar-refractivity contribution in [1.82, 2.24) is 4.72 Å². The van der Waals surface area contributed by atoms with E-state index in [1.807, 2.05) is 27.7 Å². The highest BCUT2D eigenvalue weighted by Crippen LogP contribution is 2.18. The zero-order chi connectivity index (χ0) is 16.9. The number of carbonyl (C=O) groups is 1. The van der Waals surface area contributed by atoms with E-state index in [-0.39, 0.29) is 23.3 Å². The van der Waals surface area contributed by atoms with Gasteiger partial charge in [0.15, 0.2) is 0 Å². The molecule has 0 bridgehead atoms. The van der Waals surface area contributed by atoms with Crippen LogP contribution in [-0.2, 0) is 14.8 Å². The third kappa shape index (κ3) is 5.65. The lowest BCUT2D eigenvalue weighted by Crippen LogP contribution is -2.41. The summed E-state index contributed by atoms with van der Waals surface area (Å²) in [6.07, 6.45) is 0.214. The highest BCUT2D eigenvalue weighted by atomic mass is 32.2. The molecule has 0 heterocycles. The highest BCUT2D eigenvalue weighted by molar-refractivity contribution is 7.89. The van der Waals surface area contributed by atoms with Crippen molar-refractivity contribution in [2.75, 3.05) is 0 Å². The molecule has 1 aromatic carbocycles. The Labute approximate surface area is 131 Å². The van der Waals surface area contributed by atoms with Crippen molar-refractivity contribution in [1.29, 1.82) is 0 Å². The minimum atomic E-state index is -3.88. The summed E-state index contributed by atoms with van der Waals surface area (Å²) >= 11 is 0. The van der Waals surface area contributed by atoms with Gasteiger partial charge in [0.25, 0.3) is 0 Å². The Hall–Kier alpha value is -1.60. The van der Waals surface area contributed by atoms with E-state index < -0.39 is 22.0 Å². The van der Waals surface area contributed by atoms with E-state index in [1.54, 1.807) is 12.1 Å². The molecule has 6 nitrogen and oxygen atoms in total. The van der Waals surface area contributed by atoms with Gasteiger partial charge in [-0.15, -0.1) is 0 Å². The third-order valence-corrected chi connectivity index (χ3v) is 4.30. The van der Waals surface area contributed by atoms with Gasteiger partial charge in [-0.2, -0.15) is 4.72 Å². The van der Waals surface area contributed by atoms with Crippen molar-refractivity contribution < 1.29 is 23.1 Å². The van der Waals surface area contributed by atoms with Gasteiger partial charge in [0, 0.05) is 0 Å². The number of aliphatic carboxylic acids is 1. The monoisotopic (exact) mass is 329 g/mol. The number of carboxylic acids is 1. The predicted octanol–water partition coefficient (Wildman–Crippen LogP) is 2.25. The van der Waals surface area contributed by atoms with Gasteiger partial charge in [0.05, 0.1) is 11.0 Å². The zero-order valence-electron chi connectivity index (χ0n) is 13.2. The molecule has 0 aliphatic carbocycles. The van der Waals surface area contributed by atoms with Crippen LogP contribution >= 0.6 is 0 Å². The molecule has 0 fully saturated rings. The molecule has 0 radical (unpaired) electrons. The summed E-state index contributed by atoms with van der Waals surface area (Å²) in [6, 6.07) is 4.75. The number of hydrogen-bond donors (Lipinski definition) is 2. The van der Waals surface area contributed by atoms with Crippen LogP contribution in [-0.4, -0.2) is 31.6 Å². The lowest BCUT2D eigenvalue weighted by Gasteiger charge is -2.17. The van der Waals surface area contributed by atoms with E-state index >= 15 is 0 Å². The van der Waals surface area contributed by atoms with E-state index in [0.717, 1.165) is 0 Å². The third-order valence-electron chi connectivity index (χ3n) is 2.81. The van der Waals surface area contributed by atoms with Gasteiger partial charge in [0.2, 0.25) is 10.0 Å². The van der Waals surface area contributed by atoms with Crippen LogP contribution in [0.1, 0.15) is 34.1 Å². The Bertz CT molecular complexity index is 593. The minimum Gasteiger partial charge on any atom is -0.491 e. The van der Waals surface area contributed by atoms with Gasteiger partial charge in [-0.3, -0.25) is 4.79 Å². The van der Waals surface area contributed by atoms with E-state index in [0.29, 0.717) is 5.75 Å². The van der Waals surface area contributed by atoms with Crippen LogP contribution in [0, 0.1) is 5.92 Å². The number of rotatable bonds is 8. The first-order chi connectivity index (χ1) is 10.1. The summed E-state index contributed by atoms with van der Waals surface area (Å²) < 4.78 is 32.2. The first-order valence-electron chi connectivity index (χ1n) is 7.13. The van der Waals surface area contributed by atoms with Crippen molar-refractivity contribution >= 4 is 16.0 Å². The molecule has 7 heteroatoms. The molecule has 1 rings (SSSR count). The van der Waals surface area contributed by atoms with E-state index in [9.17, 15) is 13.2 Å². The second-order valence-corrected chi connectivity index (χ2v) is 7.49. The zero-order valence-corrected chi connectivity index (χ0v) is 14.1. The molecule has 124 valence electrons. The summed E-state index contributed by atoms with van der Waals surface area (Å²) in [5.41, 5.74) is 0. The maximum absolute atomic E-state index is 12.2. The first kappa shape index (κ1) is 18.4. The summed E-state index contributed by atoms with van der Waals surface area (Å²) in [6.45, 7) is 7.41. The normalized spacial score (nSPS) is 13.4. The molecule has 2 N–H and O–H groups in total. The average molecular weight is 329 g/mol. The average Bonchev–Trinajstić information content (AvgIpc) is 2.36. The van der Waals surface area contributed by atoms with Gasteiger partial charge >= 0.3 is 5.97 Å². The van der Waals surface area contributed by atoms with Crippen molar-refractivity contribution in [2.45, 2.75) is 51.2 Å². The van der Waals surface area contributed by atoms with E-state index in [2.05, 4.69) is 4.72 Å². The van der Waals surface area contributed by atoms with Crippen LogP contribution in [0.2, 0.25) is 0 Å². The Kier molecular flexibility index (Phi) is 6.37. The fourth-order valence-corrected chi connectivity index (χ4v) is 3.10. The van der Waals surface area contributed by atoms with Crippen LogP contribution in [0.25, 0.3) is 0 Å². The number of hydrogen-bond acceptors (Lipinski definition) is 4. The van der Waals surface area contributed by atoms with Gasteiger partial charge < -0.3 is 9.84 Å². The van der Waals surface area contributed by atoms with Crippen LogP contribution in [0.15, 0.2) is 29.2 Å². The smallest absolute Gasteiger partial charge is 0.321 e. The Morgan fingerprint density at radius 3 is 2.14 bits per heavy atom.